The van der Waals surface area contributed by atoms with Gasteiger partial charge in [0.2, 0.25) is 0 Å². The zero-order valence-corrected chi connectivity index (χ0v) is 14.5. The van der Waals surface area contributed by atoms with Crippen molar-refractivity contribution in [2.75, 3.05) is 12.8 Å². The van der Waals surface area contributed by atoms with Crippen LogP contribution in [-0.2, 0) is 6.42 Å². The number of rotatable bonds is 4. The number of non-ortho nitro benzene ring substituents is 1. The average molecular weight is 341 g/mol. The van der Waals surface area contributed by atoms with Crippen LogP contribution < -0.4 is 0 Å². The predicted molar refractivity (Wildman–Crippen MR) is 99.1 cm³/mol. The number of likely N-dealkylation sites (N-methyl/N-ethyl adjacent to an activating group) is 1. The second-order valence-corrected chi connectivity index (χ2v) is 6.87. The molecule has 0 N–H and O–H groups in total. The molecule has 0 saturated carbocycles. The summed E-state index contributed by atoms with van der Waals surface area (Å²) in [6.45, 7) is 1.85. The molecule has 1 fully saturated rings. The van der Waals surface area contributed by atoms with Gasteiger partial charge in [-0.3, -0.25) is 10.1 Å². The van der Waals surface area contributed by atoms with Gasteiger partial charge in [0.15, 0.2) is 5.17 Å². The second kappa shape index (κ2) is 7.05. The highest BCUT2D eigenvalue weighted by atomic mass is 32.2. The average Bonchev–Trinajstić information content (AvgIpc) is 2.91. The van der Waals surface area contributed by atoms with E-state index in [0.717, 1.165) is 28.6 Å². The number of nitro benzene ring substituents is 1. The maximum Gasteiger partial charge on any atom is 0.269 e. The fourth-order valence-corrected chi connectivity index (χ4v) is 3.91. The fraction of sp³-hybridized carbons (Fsp3) is 0.278. The van der Waals surface area contributed by atoms with E-state index in [1.54, 1.807) is 23.9 Å². The minimum Gasteiger partial charge on any atom is -0.350 e. The number of hydrogen-bond acceptors (Lipinski definition) is 4. The molecule has 3 rings (SSSR count). The van der Waals surface area contributed by atoms with E-state index in [1.165, 1.54) is 11.6 Å². The number of aliphatic imine (C=N–C) groups is 1. The first-order chi connectivity index (χ1) is 11.5. The monoisotopic (exact) mass is 341 g/mol. The third-order valence-electron chi connectivity index (χ3n) is 4.18. The molecule has 0 aromatic heterocycles. The molecule has 2 aromatic rings. The van der Waals surface area contributed by atoms with Crippen molar-refractivity contribution in [2.45, 2.75) is 19.4 Å². The number of thioether (sulfide) groups is 1. The quantitative estimate of drug-likeness (QED) is 0.618. The smallest absolute Gasteiger partial charge is 0.269 e. The lowest BCUT2D eigenvalue weighted by atomic mass is 10.1. The van der Waals surface area contributed by atoms with Crippen LogP contribution in [0.4, 0.5) is 11.4 Å². The van der Waals surface area contributed by atoms with Crippen LogP contribution in [0.5, 0.6) is 0 Å². The van der Waals surface area contributed by atoms with Crippen LogP contribution in [0, 0.1) is 17.0 Å². The van der Waals surface area contributed by atoms with E-state index in [4.69, 9.17) is 4.99 Å². The number of benzene rings is 2. The molecule has 1 aliphatic heterocycles. The summed E-state index contributed by atoms with van der Waals surface area (Å²) < 4.78 is 0. The summed E-state index contributed by atoms with van der Waals surface area (Å²) in [4.78, 5) is 17.4. The molecule has 24 heavy (non-hydrogen) atoms. The van der Waals surface area contributed by atoms with Crippen molar-refractivity contribution >= 4 is 28.3 Å². The fourth-order valence-electron chi connectivity index (χ4n) is 2.72. The van der Waals surface area contributed by atoms with E-state index in [-0.39, 0.29) is 10.6 Å². The van der Waals surface area contributed by atoms with Crippen molar-refractivity contribution in [3.63, 3.8) is 0 Å². The first-order valence-electron chi connectivity index (χ1n) is 7.78. The highest BCUT2D eigenvalue weighted by Crippen LogP contribution is 2.30. The van der Waals surface area contributed by atoms with Crippen LogP contribution in [0.3, 0.4) is 0 Å². The van der Waals surface area contributed by atoms with Crippen LogP contribution in [0.1, 0.15) is 11.1 Å². The SMILES string of the molecule is Cc1cc([N+](=O)[O-])ccc1N=C1SC[C@H](Cc2ccccc2)N1C. The van der Waals surface area contributed by atoms with Crippen molar-refractivity contribution in [2.24, 2.45) is 4.99 Å². The Balaban J connectivity index is 1.76. The molecule has 1 aliphatic rings. The molecule has 1 heterocycles. The Kier molecular flexibility index (Phi) is 4.85. The Labute approximate surface area is 145 Å². The minimum atomic E-state index is -0.379. The molecule has 1 atom stereocenters. The van der Waals surface area contributed by atoms with E-state index in [9.17, 15) is 10.1 Å². The van der Waals surface area contributed by atoms with E-state index >= 15 is 0 Å². The largest absolute Gasteiger partial charge is 0.350 e. The molecule has 0 spiro atoms. The molecule has 2 aromatic carbocycles. The first kappa shape index (κ1) is 16.5. The summed E-state index contributed by atoms with van der Waals surface area (Å²) >= 11 is 1.73. The van der Waals surface area contributed by atoms with Crippen LogP contribution in [0.15, 0.2) is 53.5 Å². The molecule has 0 unspecified atom stereocenters. The van der Waals surface area contributed by atoms with E-state index in [0.29, 0.717) is 6.04 Å². The lowest BCUT2D eigenvalue weighted by Gasteiger charge is -2.21. The van der Waals surface area contributed by atoms with Crippen LogP contribution >= 0.6 is 11.8 Å². The van der Waals surface area contributed by atoms with Crippen molar-refractivity contribution < 1.29 is 4.92 Å². The maximum absolute atomic E-state index is 10.8. The summed E-state index contributed by atoms with van der Waals surface area (Å²) in [5.41, 5.74) is 3.03. The van der Waals surface area contributed by atoms with Gasteiger partial charge in [0.1, 0.15) is 0 Å². The number of nitro groups is 1. The van der Waals surface area contributed by atoms with Crippen molar-refractivity contribution in [1.29, 1.82) is 0 Å². The van der Waals surface area contributed by atoms with Gasteiger partial charge < -0.3 is 4.90 Å². The summed E-state index contributed by atoms with van der Waals surface area (Å²) in [6, 6.07) is 15.7. The molecule has 0 aliphatic carbocycles. The Hall–Kier alpha value is -2.34. The highest BCUT2D eigenvalue weighted by Gasteiger charge is 2.27. The zero-order valence-electron chi connectivity index (χ0n) is 13.7. The Morgan fingerprint density at radius 1 is 1.29 bits per heavy atom. The lowest BCUT2D eigenvalue weighted by molar-refractivity contribution is -0.384. The van der Waals surface area contributed by atoms with Crippen molar-refractivity contribution in [3.8, 4) is 0 Å². The topological polar surface area (TPSA) is 58.7 Å². The third-order valence-corrected chi connectivity index (χ3v) is 5.36. The number of amidine groups is 1. The van der Waals surface area contributed by atoms with Gasteiger partial charge in [0, 0.05) is 31.0 Å². The van der Waals surface area contributed by atoms with Crippen LogP contribution in [0.25, 0.3) is 0 Å². The molecule has 5 nitrogen and oxygen atoms in total. The Morgan fingerprint density at radius 2 is 2.04 bits per heavy atom. The summed E-state index contributed by atoms with van der Waals surface area (Å²) in [6.07, 6.45) is 0.989. The van der Waals surface area contributed by atoms with Gasteiger partial charge >= 0.3 is 0 Å². The molecule has 0 bridgehead atoms. The van der Waals surface area contributed by atoms with Gasteiger partial charge in [-0.15, -0.1) is 0 Å². The number of nitrogens with zero attached hydrogens (tertiary/aromatic N) is 3. The standard InChI is InChI=1S/C18H19N3O2S/c1-13-10-15(21(22)23)8-9-17(13)19-18-20(2)16(12-24-18)11-14-6-4-3-5-7-14/h3-10,16H,11-12H2,1-2H3/t16-/m0/s1. The maximum atomic E-state index is 10.8. The van der Waals surface area contributed by atoms with Gasteiger partial charge in [-0.05, 0) is 30.5 Å². The normalized spacial score (nSPS) is 19.0. The highest BCUT2D eigenvalue weighted by molar-refractivity contribution is 8.14. The van der Waals surface area contributed by atoms with Crippen molar-refractivity contribution in [1.82, 2.24) is 4.90 Å². The van der Waals surface area contributed by atoms with Gasteiger partial charge in [0.25, 0.3) is 5.69 Å². The molecule has 124 valence electrons. The van der Waals surface area contributed by atoms with Gasteiger partial charge in [0.05, 0.1) is 10.6 Å². The molecular weight excluding hydrogens is 322 g/mol. The zero-order chi connectivity index (χ0) is 17.1. The Morgan fingerprint density at radius 3 is 2.71 bits per heavy atom. The van der Waals surface area contributed by atoms with Crippen molar-refractivity contribution in [3.05, 3.63) is 69.8 Å². The lowest BCUT2D eigenvalue weighted by Crippen LogP contribution is -2.31. The van der Waals surface area contributed by atoms with E-state index in [2.05, 4.69) is 36.2 Å². The first-order valence-corrected chi connectivity index (χ1v) is 8.76. The van der Waals surface area contributed by atoms with Crippen LogP contribution in [-0.4, -0.2) is 33.8 Å². The summed E-state index contributed by atoms with van der Waals surface area (Å²) in [5, 5.41) is 11.8. The van der Waals surface area contributed by atoms with E-state index < -0.39 is 0 Å². The summed E-state index contributed by atoms with van der Waals surface area (Å²) in [5.74, 6) is 0.996. The number of hydrogen-bond donors (Lipinski definition) is 0. The molecule has 0 radical (unpaired) electrons. The van der Waals surface area contributed by atoms with Gasteiger partial charge in [-0.25, -0.2) is 4.99 Å². The Bertz CT molecular complexity index is 777. The second-order valence-electron chi connectivity index (χ2n) is 5.89. The van der Waals surface area contributed by atoms with Gasteiger partial charge in [-0.2, -0.15) is 0 Å². The molecule has 0 amide bonds. The number of aryl methyl sites for hydroxylation is 1. The van der Waals surface area contributed by atoms with Crippen LogP contribution in [0.2, 0.25) is 0 Å². The van der Waals surface area contributed by atoms with Gasteiger partial charge in [-0.1, -0.05) is 42.1 Å². The van der Waals surface area contributed by atoms with E-state index in [1.807, 2.05) is 13.0 Å². The molecule has 6 heteroatoms. The third kappa shape index (κ3) is 3.59. The predicted octanol–water partition coefficient (Wildman–Crippen LogP) is 4.18. The molecule has 1 saturated heterocycles. The summed E-state index contributed by atoms with van der Waals surface area (Å²) in [7, 11) is 2.06. The molecular formula is C18H19N3O2S. The minimum absolute atomic E-state index is 0.103.